The van der Waals surface area contributed by atoms with Gasteiger partial charge in [0.15, 0.2) is 5.79 Å². The second-order valence-corrected chi connectivity index (χ2v) is 6.10. The van der Waals surface area contributed by atoms with Crippen LogP contribution >= 0.6 is 0 Å². The first-order valence-corrected chi connectivity index (χ1v) is 8.48. The zero-order chi connectivity index (χ0) is 16.8. The fourth-order valence-electron chi connectivity index (χ4n) is 3.14. The van der Waals surface area contributed by atoms with Gasteiger partial charge in [0.05, 0.1) is 13.2 Å². The summed E-state index contributed by atoms with van der Waals surface area (Å²) in [5.41, 5.74) is 1.46. The maximum absolute atomic E-state index is 12.2. The van der Waals surface area contributed by atoms with Crippen molar-refractivity contribution in [3.63, 3.8) is 0 Å². The summed E-state index contributed by atoms with van der Waals surface area (Å²) < 4.78 is 16.5. The van der Waals surface area contributed by atoms with Crippen LogP contribution in [-0.4, -0.2) is 63.2 Å². The van der Waals surface area contributed by atoms with Gasteiger partial charge in [-0.3, -0.25) is 9.78 Å². The van der Waals surface area contributed by atoms with E-state index in [0.29, 0.717) is 32.1 Å². The van der Waals surface area contributed by atoms with Gasteiger partial charge in [0.25, 0.3) is 5.91 Å². The Kier molecular flexibility index (Phi) is 5.65. The Morgan fingerprint density at radius 1 is 1.38 bits per heavy atom. The summed E-state index contributed by atoms with van der Waals surface area (Å²) in [7, 11) is 1.65. The van der Waals surface area contributed by atoms with Crippen molar-refractivity contribution in [2.24, 2.45) is 0 Å². The van der Waals surface area contributed by atoms with Crippen LogP contribution in [0.5, 0.6) is 0 Å². The molecule has 1 N–H and O–H groups in total. The number of hydrogen-bond donors (Lipinski definition) is 1. The molecular formula is C17H25N3O4. The van der Waals surface area contributed by atoms with E-state index in [0.717, 1.165) is 38.0 Å². The summed E-state index contributed by atoms with van der Waals surface area (Å²) >= 11 is 0. The summed E-state index contributed by atoms with van der Waals surface area (Å²) in [4.78, 5) is 18.6. The summed E-state index contributed by atoms with van der Waals surface area (Å²) in [5.74, 6) is -0.533. The van der Waals surface area contributed by atoms with Crippen LogP contribution in [0.15, 0.2) is 18.3 Å². The van der Waals surface area contributed by atoms with Gasteiger partial charge in [-0.2, -0.15) is 0 Å². The van der Waals surface area contributed by atoms with Crippen molar-refractivity contribution in [2.45, 2.75) is 25.0 Å². The molecule has 0 aliphatic carbocycles. The Balaban J connectivity index is 1.56. The summed E-state index contributed by atoms with van der Waals surface area (Å²) in [6, 6.07) is 3.79. The SMILES string of the molecule is COCCCNC(=O)c1cc(N2CCC3(CC2)OCCO3)ccn1. The summed E-state index contributed by atoms with van der Waals surface area (Å²) in [5, 5.41) is 2.86. The lowest BCUT2D eigenvalue weighted by atomic mass is 10.0. The lowest BCUT2D eigenvalue weighted by Gasteiger charge is -2.38. The van der Waals surface area contributed by atoms with Gasteiger partial charge in [-0.05, 0) is 18.6 Å². The minimum atomic E-state index is -0.384. The van der Waals surface area contributed by atoms with Crippen LogP contribution in [0, 0.1) is 0 Å². The van der Waals surface area contributed by atoms with Crippen molar-refractivity contribution >= 4 is 11.6 Å². The number of ether oxygens (including phenoxy) is 3. The van der Waals surface area contributed by atoms with Crippen molar-refractivity contribution < 1.29 is 19.0 Å². The first-order valence-electron chi connectivity index (χ1n) is 8.48. The normalized spacial score (nSPS) is 19.6. The maximum atomic E-state index is 12.2. The number of pyridine rings is 1. The minimum Gasteiger partial charge on any atom is -0.385 e. The first-order chi connectivity index (χ1) is 11.7. The smallest absolute Gasteiger partial charge is 0.269 e. The van der Waals surface area contributed by atoms with Crippen molar-refractivity contribution in [3.05, 3.63) is 24.0 Å². The molecule has 2 saturated heterocycles. The number of aromatic nitrogens is 1. The molecule has 0 aromatic carbocycles. The Morgan fingerprint density at radius 2 is 2.12 bits per heavy atom. The summed E-state index contributed by atoms with van der Waals surface area (Å²) in [6.07, 6.45) is 4.16. The fraction of sp³-hybridized carbons (Fsp3) is 0.647. The zero-order valence-corrected chi connectivity index (χ0v) is 14.1. The standard InChI is InChI=1S/C17H25N3O4/c1-22-10-2-6-19-16(21)15-13-14(3-7-18-15)20-8-4-17(5-9-20)23-11-12-24-17/h3,7,13H,2,4-6,8-12H2,1H3,(H,19,21). The molecule has 3 rings (SSSR count). The molecule has 1 amide bonds. The molecule has 1 spiro atoms. The van der Waals surface area contributed by atoms with Gasteiger partial charge >= 0.3 is 0 Å². The molecule has 1 aromatic rings. The van der Waals surface area contributed by atoms with Crippen LogP contribution in [0.1, 0.15) is 29.8 Å². The Labute approximate surface area is 142 Å². The van der Waals surface area contributed by atoms with Crippen molar-refractivity contribution in [2.75, 3.05) is 51.5 Å². The third-order valence-electron chi connectivity index (χ3n) is 4.49. The molecule has 2 aliphatic heterocycles. The van der Waals surface area contributed by atoms with Gasteiger partial charge in [0.2, 0.25) is 0 Å². The molecular weight excluding hydrogens is 310 g/mol. The topological polar surface area (TPSA) is 72.9 Å². The number of methoxy groups -OCH3 is 1. The Bertz CT molecular complexity index is 551. The molecule has 0 atom stereocenters. The molecule has 3 heterocycles. The quantitative estimate of drug-likeness (QED) is 0.788. The highest BCUT2D eigenvalue weighted by atomic mass is 16.7. The van der Waals surface area contributed by atoms with E-state index in [1.54, 1.807) is 13.3 Å². The first kappa shape index (κ1) is 17.1. The number of piperidine rings is 1. The molecule has 0 bridgehead atoms. The van der Waals surface area contributed by atoms with E-state index in [1.807, 2.05) is 12.1 Å². The Hall–Kier alpha value is -1.70. The van der Waals surface area contributed by atoms with Gasteiger partial charge in [-0.15, -0.1) is 0 Å². The number of nitrogens with zero attached hydrogens (tertiary/aromatic N) is 2. The van der Waals surface area contributed by atoms with Crippen LogP contribution in [0.2, 0.25) is 0 Å². The van der Waals surface area contributed by atoms with E-state index in [9.17, 15) is 4.79 Å². The van der Waals surface area contributed by atoms with E-state index in [4.69, 9.17) is 14.2 Å². The third-order valence-corrected chi connectivity index (χ3v) is 4.49. The molecule has 1 aromatic heterocycles. The van der Waals surface area contributed by atoms with Crippen LogP contribution in [0.4, 0.5) is 5.69 Å². The summed E-state index contributed by atoms with van der Waals surface area (Å²) in [6.45, 7) is 4.27. The second-order valence-electron chi connectivity index (χ2n) is 6.10. The van der Waals surface area contributed by atoms with Gasteiger partial charge in [0, 0.05) is 58.1 Å². The largest absolute Gasteiger partial charge is 0.385 e. The van der Waals surface area contributed by atoms with E-state index in [2.05, 4.69) is 15.2 Å². The van der Waals surface area contributed by atoms with E-state index < -0.39 is 0 Å². The minimum absolute atomic E-state index is 0.149. The second kappa shape index (κ2) is 7.92. The number of hydrogen-bond acceptors (Lipinski definition) is 6. The lowest BCUT2D eigenvalue weighted by Crippen LogP contribution is -2.45. The van der Waals surface area contributed by atoms with Gasteiger partial charge in [0.1, 0.15) is 5.69 Å². The highest BCUT2D eigenvalue weighted by Crippen LogP contribution is 2.33. The number of nitrogens with one attached hydrogen (secondary N) is 1. The average molecular weight is 335 g/mol. The molecule has 132 valence electrons. The number of amides is 1. The van der Waals surface area contributed by atoms with Gasteiger partial charge < -0.3 is 24.4 Å². The van der Waals surface area contributed by atoms with Gasteiger partial charge in [-0.1, -0.05) is 0 Å². The molecule has 0 saturated carbocycles. The number of carbonyl (C=O) groups excluding carboxylic acids is 1. The van der Waals surface area contributed by atoms with E-state index in [1.165, 1.54) is 0 Å². The predicted molar refractivity (Wildman–Crippen MR) is 89.1 cm³/mol. The molecule has 0 radical (unpaired) electrons. The predicted octanol–water partition coefficient (Wildman–Crippen LogP) is 1.19. The number of rotatable bonds is 6. The number of carbonyl (C=O) groups is 1. The molecule has 0 unspecified atom stereocenters. The van der Waals surface area contributed by atoms with Crippen molar-refractivity contribution in [1.82, 2.24) is 10.3 Å². The van der Waals surface area contributed by atoms with Crippen molar-refractivity contribution in [1.29, 1.82) is 0 Å². The zero-order valence-electron chi connectivity index (χ0n) is 14.1. The molecule has 2 fully saturated rings. The number of anilines is 1. The average Bonchev–Trinajstić information content (AvgIpc) is 3.07. The fourth-order valence-corrected chi connectivity index (χ4v) is 3.14. The third kappa shape index (κ3) is 4.03. The van der Waals surface area contributed by atoms with E-state index in [-0.39, 0.29) is 11.7 Å². The van der Waals surface area contributed by atoms with Gasteiger partial charge in [-0.25, -0.2) is 0 Å². The van der Waals surface area contributed by atoms with Crippen LogP contribution in [0.25, 0.3) is 0 Å². The van der Waals surface area contributed by atoms with E-state index >= 15 is 0 Å². The molecule has 24 heavy (non-hydrogen) atoms. The lowest BCUT2D eigenvalue weighted by molar-refractivity contribution is -0.169. The monoisotopic (exact) mass is 335 g/mol. The molecule has 7 nitrogen and oxygen atoms in total. The highest BCUT2D eigenvalue weighted by molar-refractivity contribution is 5.93. The van der Waals surface area contributed by atoms with Crippen molar-refractivity contribution in [3.8, 4) is 0 Å². The Morgan fingerprint density at radius 3 is 2.83 bits per heavy atom. The van der Waals surface area contributed by atoms with Crippen LogP contribution < -0.4 is 10.2 Å². The van der Waals surface area contributed by atoms with Crippen LogP contribution in [0.3, 0.4) is 0 Å². The maximum Gasteiger partial charge on any atom is 0.269 e. The molecule has 2 aliphatic rings. The van der Waals surface area contributed by atoms with Crippen LogP contribution in [-0.2, 0) is 14.2 Å². The highest BCUT2D eigenvalue weighted by Gasteiger charge is 2.39. The molecule has 7 heteroatoms.